The second kappa shape index (κ2) is 5.63. The summed E-state index contributed by atoms with van der Waals surface area (Å²) >= 11 is 1.48. The molecule has 0 bridgehead atoms. The van der Waals surface area contributed by atoms with Crippen molar-refractivity contribution in [1.82, 2.24) is 4.31 Å². The molecule has 0 unspecified atom stereocenters. The third-order valence-corrected chi connectivity index (χ3v) is 6.02. The maximum atomic E-state index is 12.5. The van der Waals surface area contributed by atoms with Gasteiger partial charge in [0.1, 0.15) is 10.7 Å². The lowest BCUT2D eigenvalue weighted by Crippen LogP contribution is -2.26. The van der Waals surface area contributed by atoms with Crippen molar-refractivity contribution in [2.24, 2.45) is 0 Å². The zero-order valence-corrected chi connectivity index (χ0v) is 13.4. The second-order valence-corrected chi connectivity index (χ2v) is 7.64. The van der Waals surface area contributed by atoms with E-state index in [-0.39, 0.29) is 23.0 Å². The van der Waals surface area contributed by atoms with Crippen molar-refractivity contribution >= 4 is 27.3 Å². The first-order valence-corrected chi connectivity index (χ1v) is 8.38. The molecule has 2 rings (SSSR count). The fourth-order valence-corrected chi connectivity index (χ4v) is 4.18. The normalized spacial score (nSPS) is 12.0. The van der Waals surface area contributed by atoms with Gasteiger partial charge in [0.15, 0.2) is 0 Å². The molecule has 0 aliphatic rings. The number of carboxylic acids is 1. The van der Waals surface area contributed by atoms with E-state index in [1.165, 1.54) is 29.6 Å². The van der Waals surface area contributed by atoms with Crippen LogP contribution in [0.2, 0.25) is 0 Å². The largest absolute Gasteiger partial charge is 0.475 e. The van der Waals surface area contributed by atoms with Crippen molar-refractivity contribution in [3.63, 3.8) is 0 Å². The first-order valence-electron chi connectivity index (χ1n) is 6.06. The molecule has 0 aliphatic carbocycles. The summed E-state index contributed by atoms with van der Waals surface area (Å²) < 4.78 is 31.2. The van der Waals surface area contributed by atoms with Crippen LogP contribution in [0, 0.1) is 13.8 Å². The maximum Gasteiger partial charge on any atom is 0.371 e. The molecule has 0 amide bonds. The molecule has 0 aliphatic heterocycles. The summed E-state index contributed by atoms with van der Waals surface area (Å²) in [5.74, 6) is -1.61. The molecule has 0 fully saturated rings. The number of nitrogens with zero attached hydrogens (tertiary/aromatic N) is 1. The monoisotopic (exact) mass is 329 g/mol. The highest BCUT2D eigenvalue weighted by Gasteiger charge is 2.28. The summed E-state index contributed by atoms with van der Waals surface area (Å²) in [7, 11) is -2.33. The highest BCUT2D eigenvalue weighted by atomic mass is 32.2. The molecular weight excluding hydrogens is 314 g/mol. The van der Waals surface area contributed by atoms with Gasteiger partial charge < -0.3 is 9.52 Å². The van der Waals surface area contributed by atoms with E-state index in [1.807, 2.05) is 18.4 Å². The average Bonchev–Trinajstić information content (AvgIpc) is 2.96. The smallest absolute Gasteiger partial charge is 0.371 e. The number of rotatable bonds is 5. The summed E-state index contributed by atoms with van der Waals surface area (Å²) in [4.78, 5) is 11.7. The molecule has 1 N–H and O–H groups in total. The van der Waals surface area contributed by atoms with Crippen LogP contribution in [0.1, 0.15) is 26.8 Å². The minimum absolute atomic E-state index is 0.0714. The molecule has 0 aromatic carbocycles. The third kappa shape index (κ3) is 3.02. The van der Waals surface area contributed by atoms with E-state index >= 15 is 0 Å². The Labute approximate surface area is 126 Å². The number of furan rings is 1. The van der Waals surface area contributed by atoms with E-state index in [0.717, 1.165) is 16.5 Å². The van der Waals surface area contributed by atoms with Crippen molar-refractivity contribution in [3.8, 4) is 0 Å². The number of aromatic carboxylic acids is 1. The molecule has 0 atom stereocenters. The van der Waals surface area contributed by atoms with Crippen molar-refractivity contribution in [3.05, 3.63) is 39.5 Å². The molecular formula is C13H15NO5S2. The predicted molar refractivity (Wildman–Crippen MR) is 78.1 cm³/mol. The van der Waals surface area contributed by atoms with Crippen LogP contribution in [-0.2, 0) is 16.6 Å². The quantitative estimate of drug-likeness (QED) is 0.910. The van der Waals surface area contributed by atoms with Crippen LogP contribution in [0.3, 0.4) is 0 Å². The number of carbonyl (C=O) groups is 1. The third-order valence-electron chi connectivity index (χ3n) is 3.11. The van der Waals surface area contributed by atoms with Gasteiger partial charge in [-0.2, -0.15) is 4.31 Å². The molecule has 21 heavy (non-hydrogen) atoms. The molecule has 0 spiro atoms. The number of aryl methyl sites for hydroxylation is 2. The van der Waals surface area contributed by atoms with E-state index in [1.54, 1.807) is 0 Å². The summed E-state index contributed by atoms with van der Waals surface area (Å²) in [6.07, 6.45) is 0. The molecule has 0 saturated heterocycles. The van der Waals surface area contributed by atoms with Gasteiger partial charge in [0, 0.05) is 24.5 Å². The summed E-state index contributed by atoms with van der Waals surface area (Å²) in [5.41, 5.74) is 1.03. The number of carboxylic acid groups (broad SMARTS) is 1. The average molecular weight is 329 g/mol. The van der Waals surface area contributed by atoms with Gasteiger partial charge in [0.05, 0.1) is 0 Å². The Morgan fingerprint density at radius 1 is 1.43 bits per heavy atom. The minimum atomic E-state index is -3.79. The Kier molecular flexibility index (Phi) is 4.22. The predicted octanol–water partition coefficient (Wildman–Crippen LogP) is 2.48. The van der Waals surface area contributed by atoms with Gasteiger partial charge in [0.25, 0.3) is 0 Å². The van der Waals surface area contributed by atoms with E-state index in [2.05, 4.69) is 0 Å². The van der Waals surface area contributed by atoms with E-state index in [9.17, 15) is 13.2 Å². The zero-order chi connectivity index (χ0) is 15.8. The molecule has 114 valence electrons. The Bertz CT molecular complexity index is 772. The van der Waals surface area contributed by atoms with Crippen LogP contribution in [0.4, 0.5) is 0 Å². The lowest BCUT2D eigenvalue weighted by atomic mass is 10.3. The van der Waals surface area contributed by atoms with Crippen LogP contribution < -0.4 is 0 Å². The highest BCUT2D eigenvalue weighted by molar-refractivity contribution is 7.89. The molecule has 8 heteroatoms. The standard InChI is InChI=1S/C13H15NO5S2/c1-8-4-5-20-11(8)7-14(3)21(17,18)12-6-10(13(15)16)19-9(12)2/h4-6H,7H2,1-3H3,(H,15,16). The molecule has 2 aromatic heterocycles. The van der Waals surface area contributed by atoms with Crippen molar-refractivity contribution in [1.29, 1.82) is 0 Å². The first kappa shape index (κ1) is 15.7. The Hall–Kier alpha value is -1.64. The molecule has 0 saturated carbocycles. The van der Waals surface area contributed by atoms with Crippen LogP contribution in [0.25, 0.3) is 0 Å². The lowest BCUT2D eigenvalue weighted by Gasteiger charge is -2.16. The lowest BCUT2D eigenvalue weighted by molar-refractivity contribution is 0.0661. The number of thiophene rings is 1. The van der Waals surface area contributed by atoms with Gasteiger partial charge >= 0.3 is 5.97 Å². The van der Waals surface area contributed by atoms with E-state index < -0.39 is 16.0 Å². The molecule has 0 radical (unpaired) electrons. The van der Waals surface area contributed by atoms with E-state index in [4.69, 9.17) is 9.52 Å². The van der Waals surface area contributed by atoms with Gasteiger partial charge in [-0.05, 0) is 30.9 Å². The zero-order valence-electron chi connectivity index (χ0n) is 11.8. The van der Waals surface area contributed by atoms with Crippen LogP contribution >= 0.6 is 11.3 Å². The van der Waals surface area contributed by atoms with Gasteiger partial charge in [0.2, 0.25) is 15.8 Å². The van der Waals surface area contributed by atoms with Gasteiger partial charge in [-0.1, -0.05) is 0 Å². The van der Waals surface area contributed by atoms with Crippen LogP contribution in [0.15, 0.2) is 26.8 Å². The van der Waals surface area contributed by atoms with Crippen molar-refractivity contribution < 1.29 is 22.7 Å². The van der Waals surface area contributed by atoms with Gasteiger partial charge in [-0.3, -0.25) is 0 Å². The Morgan fingerprint density at radius 3 is 2.57 bits per heavy atom. The van der Waals surface area contributed by atoms with Crippen LogP contribution in [-0.4, -0.2) is 30.8 Å². The second-order valence-electron chi connectivity index (χ2n) is 4.62. The van der Waals surface area contributed by atoms with Crippen molar-refractivity contribution in [2.75, 3.05) is 7.05 Å². The minimum Gasteiger partial charge on any atom is -0.475 e. The Morgan fingerprint density at radius 2 is 2.10 bits per heavy atom. The topological polar surface area (TPSA) is 87.8 Å². The van der Waals surface area contributed by atoms with Gasteiger partial charge in [-0.25, -0.2) is 13.2 Å². The fraction of sp³-hybridized carbons (Fsp3) is 0.308. The van der Waals surface area contributed by atoms with Crippen molar-refractivity contribution in [2.45, 2.75) is 25.3 Å². The van der Waals surface area contributed by atoms with E-state index in [0.29, 0.717) is 0 Å². The number of hydrogen-bond acceptors (Lipinski definition) is 5. The summed E-state index contributed by atoms with van der Waals surface area (Å²) in [6.45, 7) is 3.58. The Balaban J connectivity index is 2.33. The van der Waals surface area contributed by atoms with Crippen LogP contribution in [0.5, 0.6) is 0 Å². The highest BCUT2D eigenvalue weighted by Crippen LogP contribution is 2.26. The maximum absolute atomic E-state index is 12.5. The van der Waals surface area contributed by atoms with Gasteiger partial charge in [-0.15, -0.1) is 11.3 Å². The molecule has 6 nitrogen and oxygen atoms in total. The molecule has 2 heterocycles. The molecule has 2 aromatic rings. The fourth-order valence-electron chi connectivity index (χ4n) is 1.85. The first-order chi connectivity index (χ1) is 9.73. The summed E-state index contributed by atoms with van der Waals surface area (Å²) in [6, 6.07) is 2.97. The SMILES string of the molecule is Cc1ccsc1CN(C)S(=O)(=O)c1cc(C(=O)O)oc1C. The number of hydrogen-bond donors (Lipinski definition) is 1. The number of sulfonamides is 1. The summed E-state index contributed by atoms with van der Waals surface area (Å²) in [5, 5.41) is 10.8.